The molecule has 0 spiro atoms. The third kappa shape index (κ3) is 2.71. The number of H-pyrrole nitrogens is 1. The zero-order chi connectivity index (χ0) is 16.8. The van der Waals surface area contributed by atoms with Crippen molar-refractivity contribution in [1.82, 2.24) is 29.7 Å². The molecule has 4 heterocycles. The minimum atomic E-state index is -0.114. The number of aliphatic hydroxyl groups is 1. The van der Waals surface area contributed by atoms with Crippen LogP contribution in [0.2, 0.25) is 0 Å². The van der Waals surface area contributed by atoms with Gasteiger partial charge in [-0.2, -0.15) is 0 Å². The minimum Gasteiger partial charge on any atom is -0.392 e. The van der Waals surface area contributed by atoms with Gasteiger partial charge >= 0.3 is 0 Å². The van der Waals surface area contributed by atoms with Crippen LogP contribution >= 0.6 is 0 Å². The fourth-order valence-corrected chi connectivity index (χ4v) is 4.66. The summed E-state index contributed by atoms with van der Waals surface area (Å²) in [6.45, 7) is 3.04. The number of β-amino-alcohol motifs (C(OH)–C–C–N with tert-alkyl or cyclic N) is 1. The molecule has 2 aliphatic rings. The molecule has 0 aromatic carbocycles. The van der Waals surface area contributed by atoms with Gasteiger partial charge in [-0.3, -0.25) is 0 Å². The van der Waals surface area contributed by atoms with Crippen molar-refractivity contribution in [3.8, 4) is 0 Å². The number of rotatable bonds is 3. The summed E-state index contributed by atoms with van der Waals surface area (Å²) in [5.74, 6) is 1.23. The number of hydrogen-bond donors (Lipinski definition) is 2. The Hall–Kier alpha value is -1.99. The highest BCUT2D eigenvalue weighted by Gasteiger charge is 2.29. The first-order valence-electron chi connectivity index (χ1n) is 9.35. The summed E-state index contributed by atoms with van der Waals surface area (Å²) in [6.07, 6.45) is 9.30. The topological polar surface area (TPSA) is 82.3 Å². The number of hydrogen-bond acceptors (Lipinski definition) is 5. The largest absolute Gasteiger partial charge is 0.392 e. The minimum absolute atomic E-state index is 0.114. The molecular formula is C18H24N6O. The quantitative estimate of drug-likeness (QED) is 0.761. The van der Waals surface area contributed by atoms with Gasteiger partial charge in [-0.05, 0) is 44.1 Å². The van der Waals surface area contributed by atoms with Crippen LogP contribution in [0.15, 0.2) is 18.6 Å². The van der Waals surface area contributed by atoms with E-state index in [4.69, 9.17) is 0 Å². The van der Waals surface area contributed by atoms with E-state index in [2.05, 4.69) is 31.2 Å². The highest BCUT2D eigenvalue weighted by molar-refractivity contribution is 5.92. The zero-order valence-corrected chi connectivity index (χ0v) is 14.3. The molecule has 1 atom stereocenters. The number of fused-ring (bicyclic) bond motifs is 3. The van der Waals surface area contributed by atoms with Gasteiger partial charge in [0.15, 0.2) is 0 Å². The Morgan fingerprint density at radius 1 is 1.20 bits per heavy atom. The summed E-state index contributed by atoms with van der Waals surface area (Å²) in [7, 11) is 0. The second-order valence-electron chi connectivity index (χ2n) is 7.67. The van der Waals surface area contributed by atoms with Gasteiger partial charge in [0.1, 0.15) is 17.5 Å². The predicted octanol–water partition coefficient (Wildman–Crippen LogP) is 1.95. The van der Waals surface area contributed by atoms with E-state index in [0.717, 1.165) is 54.2 Å². The van der Waals surface area contributed by atoms with Gasteiger partial charge in [0, 0.05) is 37.1 Å². The van der Waals surface area contributed by atoms with Crippen molar-refractivity contribution in [3.05, 3.63) is 24.3 Å². The second kappa shape index (κ2) is 6.07. The average Bonchev–Trinajstić information content (AvgIpc) is 3.34. The first-order chi connectivity index (χ1) is 12.3. The molecule has 5 rings (SSSR count). The molecule has 0 unspecified atom stereocenters. The van der Waals surface area contributed by atoms with E-state index in [0.29, 0.717) is 5.92 Å². The molecular weight excluding hydrogens is 316 g/mol. The molecule has 0 bridgehead atoms. The van der Waals surface area contributed by atoms with Gasteiger partial charge in [0.05, 0.1) is 11.8 Å². The zero-order valence-electron chi connectivity index (χ0n) is 14.3. The number of aromatic nitrogens is 5. The van der Waals surface area contributed by atoms with E-state index in [1.807, 2.05) is 10.7 Å². The van der Waals surface area contributed by atoms with Gasteiger partial charge in [-0.15, -0.1) is 5.10 Å². The maximum Gasteiger partial charge on any atom is 0.141 e. The van der Waals surface area contributed by atoms with Crippen molar-refractivity contribution >= 4 is 16.6 Å². The molecule has 1 aliphatic carbocycles. The van der Waals surface area contributed by atoms with Gasteiger partial charge in [0.25, 0.3) is 0 Å². The van der Waals surface area contributed by atoms with E-state index in [1.54, 1.807) is 6.33 Å². The number of aliphatic hydroxyl groups excluding tert-OH is 1. The second-order valence-corrected chi connectivity index (χ2v) is 7.67. The summed E-state index contributed by atoms with van der Waals surface area (Å²) >= 11 is 0. The molecule has 7 heteroatoms. The number of nitrogens with one attached hydrogen (secondary N) is 1. The van der Waals surface area contributed by atoms with Crippen LogP contribution in [-0.2, 0) is 0 Å². The Bertz CT molecular complexity index is 878. The third-order valence-electron chi connectivity index (χ3n) is 5.99. The van der Waals surface area contributed by atoms with E-state index in [9.17, 15) is 5.11 Å². The average molecular weight is 340 g/mol. The van der Waals surface area contributed by atoms with Crippen LogP contribution in [0.3, 0.4) is 0 Å². The van der Waals surface area contributed by atoms with Crippen LogP contribution in [-0.4, -0.2) is 60.5 Å². The molecule has 7 nitrogen and oxygen atoms in total. The third-order valence-corrected chi connectivity index (χ3v) is 5.99. The van der Waals surface area contributed by atoms with Crippen molar-refractivity contribution in [2.45, 2.75) is 44.1 Å². The van der Waals surface area contributed by atoms with Gasteiger partial charge in [-0.1, -0.05) is 5.21 Å². The normalized spacial score (nSPS) is 28.3. The monoisotopic (exact) mass is 340 g/mol. The van der Waals surface area contributed by atoms with Crippen LogP contribution in [0.1, 0.15) is 43.7 Å². The Morgan fingerprint density at radius 3 is 2.88 bits per heavy atom. The van der Waals surface area contributed by atoms with Gasteiger partial charge < -0.3 is 15.0 Å². The van der Waals surface area contributed by atoms with Gasteiger partial charge in [0.2, 0.25) is 0 Å². The molecule has 2 fully saturated rings. The molecule has 25 heavy (non-hydrogen) atoms. The van der Waals surface area contributed by atoms with Crippen molar-refractivity contribution in [2.75, 3.05) is 19.6 Å². The van der Waals surface area contributed by atoms with Crippen molar-refractivity contribution in [1.29, 1.82) is 0 Å². The van der Waals surface area contributed by atoms with Crippen LogP contribution < -0.4 is 0 Å². The molecule has 0 radical (unpaired) electrons. The smallest absolute Gasteiger partial charge is 0.141 e. The van der Waals surface area contributed by atoms with Crippen LogP contribution in [0.25, 0.3) is 16.6 Å². The van der Waals surface area contributed by atoms with E-state index in [1.165, 1.54) is 25.7 Å². The van der Waals surface area contributed by atoms with E-state index < -0.39 is 0 Å². The van der Waals surface area contributed by atoms with Crippen LogP contribution in [0, 0.1) is 5.92 Å². The number of nitrogens with zero attached hydrogens (tertiary/aromatic N) is 5. The lowest BCUT2D eigenvalue weighted by atomic mass is 9.80. The molecule has 1 saturated heterocycles. The highest BCUT2D eigenvalue weighted by atomic mass is 16.3. The fourth-order valence-electron chi connectivity index (χ4n) is 4.66. The molecule has 132 valence electrons. The molecule has 0 amide bonds. The van der Waals surface area contributed by atoms with E-state index in [-0.39, 0.29) is 6.10 Å². The molecule has 1 saturated carbocycles. The Morgan fingerprint density at radius 2 is 2.08 bits per heavy atom. The lowest BCUT2D eigenvalue weighted by molar-refractivity contribution is 0.162. The first kappa shape index (κ1) is 15.3. The standard InChI is InChI=1S/C18H24N6O/c25-14-6-8-23(10-14)9-12-1-3-13(4-2-12)16-17-15-5-7-19-18(15)20-11-24(17)22-21-16/h5,7,11-14,19,25H,1-4,6,8-10H2/t12-,13-,14-/m0/s1. The molecule has 3 aromatic heterocycles. The Labute approximate surface area is 146 Å². The van der Waals surface area contributed by atoms with Crippen molar-refractivity contribution in [2.24, 2.45) is 5.92 Å². The summed E-state index contributed by atoms with van der Waals surface area (Å²) in [4.78, 5) is 9.99. The number of likely N-dealkylation sites (tertiary alicyclic amines) is 1. The maximum atomic E-state index is 9.70. The Kier molecular flexibility index (Phi) is 3.71. The van der Waals surface area contributed by atoms with Gasteiger partial charge in [-0.25, -0.2) is 9.50 Å². The SMILES string of the molecule is O[C@H]1CCN(C[C@H]2CC[C@H](c3nnn4cnc5[nH]ccc5c34)CC2)C1. The van der Waals surface area contributed by atoms with Crippen molar-refractivity contribution < 1.29 is 5.11 Å². The fraction of sp³-hybridized carbons (Fsp3) is 0.611. The predicted molar refractivity (Wildman–Crippen MR) is 94.4 cm³/mol. The maximum absolute atomic E-state index is 9.70. The molecule has 2 N–H and O–H groups in total. The Balaban J connectivity index is 1.32. The van der Waals surface area contributed by atoms with E-state index >= 15 is 0 Å². The number of aromatic amines is 1. The lowest BCUT2D eigenvalue weighted by Gasteiger charge is -2.30. The summed E-state index contributed by atoms with van der Waals surface area (Å²) in [5.41, 5.74) is 3.14. The summed E-state index contributed by atoms with van der Waals surface area (Å²) < 4.78 is 1.81. The highest BCUT2D eigenvalue weighted by Crippen LogP contribution is 2.38. The van der Waals surface area contributed by atoms with Crippen molar-refractivity contribution in [3.63, 3.8) is 0 Å². The van der Waals surface area contributed by atoms with Crippen LogP contribution in [0.5, 0.6) is 0 Å². The molecule has 1 aliphatic heterocycles. The summed E-state index contributed by atoms with van der Waals surface area (Å²) in [5, 5.41) is 19.6. The molecule has 3 aromatic rings. The summed E-state index contributed by atoms with van der Waals surface area (Å²) in [6, 6.07) is 2.06. The lowest BCUT2D eigenvalue weighted by Crippen LogP contribution is -2.30. The van der Waals surface area contributed by atoms with Crippen LogP contribution in [0.4, 0.5) is 0 Å². The first-order valence-corrected chi connectivity index (χ1v) is 9.35.